The van der Waals surface area contributed by atoms with Gasteiger partial charge in [-0.1, -0.05) is 0 Å². The molecule has 1 saturated heterocycles. The molecule has 2 rings (SSSR count). The molecular weight excluding hydrogens is 204 g/mol. The monoisotopic (exact) mass is 215 g/mol. The number of hydrogen-bond acceptors (Lipinski definition) is 2. The number of carbonyl (C=O) groups is 1. The summed E-state index contributed by atoms with van der Waals surface area (Å²) in [5.74, 6) is -0.884. The Morgan fingerprint density at radius 1 is 1.60 bits per heavy atom. The number of alkyl halides is 2. The van der Waals surface area contributed by atoms with Gasteiger partial charge in [-0.25, -0.2) is 8.78 Å². The van der Waals surface area contributed by atoms with Crippen LogP contribution in [0.4, 0.5) is 8.78 Å². The van der Waals surface area contributed by atoms with E-state index in [1.54, 1.807) is 13.2 Å². The van der Waals surface area contributed by atoms with Crippen molar-refractivity contribution in [1.82, 2.24) is 14.7 Å². The Hall–Kier alpha value is -1.46. The summed E-state index contributed by atoms with van der Waals surface area (Å²) in [6.07, 6.45) is 0.693. The fraction of sp³-hybridized carbons (Fsp3) is 0.556. The molecule has 0 spiro atoms. The van der Waals surface area contributed by atoms with E-state index in [0.29, 0.717) is 5.56 Å². The van der Waals surface area contributed by atoms with Gasteiger partial charge >= 0.3 is 0 Å². The molecular formula is C9H11F2N3O. The third-order valence-corrected chi connectivity index (χ3v) is 2.51. The largest absolute Gasteiger partial charge is 0.337 e. The van der Waals surface area contributed by atoms with Crippen molar-refractivity contribution in [3.8, 4) is 0 Å². The molecule has 15 heavy (non-hydrogen) atoms. The third kappa shape index (κ3) is 1.84. The highest BCUT2D eigenvalue weighted by atomic mass is 19.3. The number of halogens is 2. The number of aromatic nitrogens is 2. The first kappa shape index (κ1) is 10.1. The van der Waals surface area contributed by atoms with Crippen molar-refractivity contribution < 1.29 is 13.6 Å². The maximum absolute atomic E-state index is 12.2. The van der Waals surface area contributed by atoms with E-state index < -0.39 is 12.3 Å². The Labute approximate surface area is 85.5 Å². The third-order valence-electron chi connectivity index (χ3n) is 2.51. The summed E-state index contributed by atoms with van der Waals surface area (Å²) in [5, 5.41) is 3.85. The van der Waals surface area contributed by atoms with E-state index >= 15 is 0 Å². The zero-order valence-electron chi connectivity index (χ0n) is 8.23. The van der Waals surface area contributed by atoms with Crippen LogP contribution < -0.4 is 0 Å². The Kier molecular flexibility index (Phi) is 2.42. The lowest BCUT2D eigenvalue weighted by Crippen LogP contribution is -2.52. The Morgan fingerprint density at radius 3 is 2.73 bits per heavy atom. The molecule has 0 saturated carbocycles. The molecule has 82 valence electrons. The highest BCUT2D eigenvalue weighted by molar-refractivity contribution is 5.94. The lowest BCUT2D eigenvalue weighted by molar-refractivity contribution is -0.0152. The maximum atomic E-state index is 12.2. The summed E-state index contributed by atoms with van der Waals surface area (Å²) in [7, 11) is 1.70. The molecule has 0 bridgehead atoms. The molecule has 2 heterocycles. The second kappa shape index (κ2) is 3.60. The fourth-order valence-corrected chi connectivity index (χ4v) is 1.55. The zero-order chi connectivity index (χ0) is 11.0. The van der Waals surface area contributed by atoms with E-state index in [4.69, 9.17) is 0 Å². The van der Waals surface area contributed by atoms with E-state index in [1.807, 2.05) is 0 Å². The zero-order valence-corrected chi connectivity index (χ0v) is 8.23. The molecule has 1 aromatic heterocycles. The molecule has 4 nitrogen and oxygen atoms in total. The molecule has 1 aromatic rings. The van der Waals surface area contributed by atoms with Crippen LogP contribution in [0.2, 0.25) is 0 Å². The molecule has 1 aliphatic heterocycles. The van der Waals surface area contributed by atoms with Crippen molar-refractivity contribution in [2.45, 2.75) is 6.43 Å². The summed E-state index contributed by atoms with van der Waals surface area (Å²) >= 11 is 0. The number of hydrogen-bond donors (Lipinski definition) is 0. The SMILES string of the molecule is Cn1cc(C(=O)N2CC(C(F)F)C2)cn1. The van der Waals surface area contributed by atoms with Crippen molar-refractivity contribution in [3.05, 3.63) is 18.0 Å². The van der Waals surface area contributed by atoms with Gasteiger partial charge in [-0.2, -0.15) is 5.10 Å². The molecule has 0 unspecified atom stereocenters. The van der Waals surface area contributed by atoms with Crippen LogP contribution in [-0.4, -0.2) is 40.1 Å². The van der Waals surface area contributed by atoms with Crippen molar-refractivity contribution in [3.63, 3.8) is 0 Å². The highest BCUT2D eigenvalue weighted by Crippen LogP contribution is 2.23. The summed E-state index contributed by atoms with van der Waals surface area (Å²) in [5.41, 5.74) is 0.449. The lowest BCUT2D eigenvalue weighted by atomic mass is 10.0. The van der Waals surface area contributed by atoms with E-state index in [-0.39, 0.29) is 19.0 Å². The number of likely N-dealkylation sites (tertiary alicyclic amines) is 1. The van der Waals surface area contributed by atoms with Gasteiger partial charge in [0.25, 0.3) is 5.91 Å². The number of nitrogens with zero attached hydrogens (tertiary/aromatic N) is 3. The minimum atomic E-state index is -2.33. The van der Waals surface area contributed by atoms with E-state index in [2.05, 4.69) is 5.10 Å². The summed E-state index contributed by atoms with van der Waals surface area (Å²) < 4.78 is 25.8. The molecule has 0 aromatic carbocycles. The van der Waals surface area contributed by atoms with E-state index in [9.17, 15) is 13.6 Å². The fourth-order valence-electron chi connectivity index (χ4n) is 1.55. The summed E-state index contributed by atoms with van der Waals surface area (Å²) in [6.45, 7) is 0.288. The minimum Gasteiger partial charge on any atom is -0.337 e. The lowest BCUT2D eigenvalue weighted by Gasteiger charge is -2.38. The summed E-state index contributed by atoms with van der Waals surface area (Å²) in [4.78, 5) is 13.0. The standard InChI is InChI=1S/C9H11F2N3O/c1-13-3-6(2-12-13)9(15)14-4-7(5-14)8(10)11/h2-3,7-8H,4-5H2,1H3. The molecule has 0 radical (unpaired) electrons. The average molecular weight is 215 g/mol. The highest BCUT2D eigenvalue weighted by Gasteiger charge is 2.37. The number of rotatable bonds is 2. The van der Waals surface area contributed by atoms with Gasteiger partial charge in [0.1, 0.15) is 0 Å². The van der Waals surface area contributed by atoms with E-state index in [0.717, 1.165) is 0 Å². The van der Waals surface area contributed by atoms with Crippen LogP contribution in [0.1, 0.15) is 10.4 Å². The molecule has 6 heteroatoms. The van der Waals surface area contributed by atoms with Crippen LogP contribution in [0.5, 0.6) is 0 Å². The van der Waals surface area contributed by atoms with Crippen molar-refractivity contribution in [2.75, 3.05) is 13.1 Å². The van der Waals surface area contributed by atoms with Crippen LogP contribution in [0.3, 0.4) is 0 Å². The summed E-state index contributed by atoms with van der Waals surface area (Å²) in [6, 6.07) is 0. The smallest absolute Gasteiger partial charge is 0.257 e. The molecule has 0 aliphatic carbocycles. The van der Waals surface area contributed by atoms with Gasteiger partial charge in [-0.15, -0.1) is 0 Å². The average Bonchev–Trinajstić information content (AvgIpc) is 2.48. The first-order valence-corrected chi connectivity index (χ1v) is 4.64. The number of aryl methyl sites for hydroxylation is 1. The second-order valence-electron chi connectivity index (χ2n) is 3.71. The second-order valence-corrected chi connectivity index (χ2v) is 3.71. The van der Waals surface area contributed by atoms with Gasteiger partial charge in [0.05, 0.1) is 17.7 Å². The Bertz CT molecular complexity index is 371. The van der Waals surface area contributed by atoms with Crippen molar-refractivity contribution in [2.24, 2.45) is 13.0 Å². The first-order valence-electron chi connectivity index (χ1n) is 4.64. The minimum absolute atomic E-state index is 0.144. The Balaban J connectivity index is 1.95. The normalized spacial score (nSPS) is 16.9. The van der Waals surface area contributed by atoms with Gasteiger partial charge in [0, 0.05) is 26.3 Å². The van der Waals surface area contributed by atoms with Gasteiger partial charge in [0.2, 0.25) is 6.43 Å². The van der Waals surface area contributed by atoms with E-state index in [1.165, 1.54) is 15.8 Å². The maximum Gasteiger partial charge on any atom is 0.257 e. The van der Waals surface area contributed by atoms with Crippen molar-refractivity contribution >= 4 is 5.91 Å². The predicted molar refractivity (Wildman–Crippen MR) is 48.6 cm³/mol. The number of amides is 1. The molecule has 1 amide bonds. The van der Waals surface area contributed by atoms with Crippen LogP contribution in [0.15, 0.2) is 12.4 Å². The van der Waals surface area contributed by atoms with Gasteiger partial charge in [-0.05, 0) is 0 Å². The van der Waals surface area contributed by atoms with Crippen LogP contribution in [-0.2, 0) is 7.05 Å². The van der Waals surface area contributed by atoms with Crippen LogP contribution >= 0.6 is 0 Å². The van der Waals surface area contributed by atoms with Gasteiger partial charge in [0.15, 0.2) is 0 Å². The topological polar surface area (TPSA) is 38.1 Å². The Morgan fingerprint density at radius 2 is 2.27 bits per heavy atom. The molecule has 1 fully saturated rings. The molecule has 0 N–H and O–H groups in total. The molecule has 1 aliphatic rings. The van der Waals surface area contributed by atoms with Gasteiger partial charge in [-0.3, -0.25) is 9.48 Å². The first-order chi connectivity index (χ1) is 7.08. The molecule has 0 atom stereocenters. The quantitative estimate of drug-likeness (QED) is 0.730. The predicted octanol–water partition coefficient (Wildman–Crippen LogP) is 0.757. The van der Waals surface area contributed by atoms with Crippen LogP contribution in [0, 0.1) is 5.92 Å². The van der Waals surface area contributed by atoms with Crippen LogP contribution in [0.25, 0.3) is 0 Å². The van der Waals surface area contributed by atoms with Gasteiger partial charge < -0.3 is 4.90 Å². The van der Waals surface area contributed by atoms with Crippen molar-refractivity contribution in [1.29, 1.82) is 0 Å². The number of carbonyl (C=O) groups excluding carboxylic acids is 1.